The molecular formula is C14H19IN3O-. The van der Waals surface area contributed by atoms with E-state index in [1.165, 1.54) is 5.56 Å². The molecule has 0 aliphatic carbocycles. The zero-order valence-corrected chi connectivity index (χ0v) is 13.4. The molecule has 1 rings (SSSR count). The van der Waals surface area contributed by atoms with E-state index < -0.39 is 5.54 Å². The Bertz CT molecular complexity index is 443. The first-order valence-corrected chi connectivity index (χ1v) is 8.51. The summed E-state index contributed by atoms with van der Waals surface area (Å²) in [5, 5.41) is 3.93. The fourth-order valence-corrected chi connectivity index (χ4v) is 2.53. The van der Waals surface area contributed by atoms with Gasteiger partial charge >= 0.3 is 125 Å². The molecule has 0 aromatic heterocycles. The third kappa shape index (κ3) is 6.61. The van der Waals surface area contributed by atoms with E-state index in [4.69, 9.17) is 8.60 Å². The molecule has 1 atom stereocenters. The molecule has 1 aromatic rings. The first-order valence-electron chi connectivity index (χ1n) is 6.10. The van der Waals surface area contributed by atoms with Crippen LogP contribution in [0.5, 0.6) is 0 Å². The van der Waals surface area contributed by atoms with Crippen LogP contribution in [0.2, 0.25) is 0 Å². The average molecular weight is 372 g/mol. The topological polar surface area (TPSA) is 58.0 Å². The zero-order valence-electron chi connectivity index (χ0n) is 11.3. The fourth-order valence-electron chi connectivity index (χ4n) is 1.71. The number of halogens is 1. The van der Waals surface area contributed by atoms with Crippen LogP contribution < -0.4 is 21.6 Å². The molecule has 0 aliphatic rings. The molecule has 0 fully saturated rings. The van der Waals surface area contributed by atoms with Crippen LogP contribution >= 0.6 is 0 Å². The van der Waals surface area contributed by atoms with Crippen LogP contribution in [0, 0.1) is 0 Å². The second-order valence-electron chi connectivity index (χ2n) is 4.35. The molecule has 0 heterocycles. The Kier molecular flexibility index (Phi) is 7.55. The van der Waals surface area contributed by atoms with E-state index in [9.17, 15) is 0 Å². The summed E-state index contributed by atoms with van der Waals surface area (Å²) in [6, 6.07) is 10.2. The predicted molar refractivity (Wildman–Crippen MR) is 73.3 cm³/mol. The summed E-state index contributed by atoms with van der Waals surface area (Å²) in [7, 11) is 1.73. The van der Waals surface area contributed by atoms with E-state index in [2.05, 4.69) is 28.2 Å². The van der Waals surface area contributed by atoms with Gasteiger partial charge in [0.1, 0.15) is 0 Å². The Hall–Kier alpha value is -1.04. The number of nitrogens with zero attached hydrogens (tertiary/aromatic N) is 3. The van der Waals surface area contributed by atoms with E-state index in [0.717, 1.165) is 17.3 Å². The Labute approximate surface area is 125 Å². The van der Waals surface area contributed by atoms with Crippen LogP contribution in [0.4, 0.5) is 0 Å². The Morgan fingerprint density at radius 3 is 2.79 bits per heavy atom. The molecule has 0 spiro atoms. The van der Waals surface area contributed by atoms with Gasteiger partial charge in [-0.2, -0.15) is 0 Å². The van der Waals surface area contributed by atoms with Gasteiger partial charge in [-0.15, -0.1) is 0 Å². The number of allylic oxidation sites excluding steroid dienone is 1. The first kappa shape index (κ1) is 16.0. The van der Waals surface area contributed by atoms with Gasteiger partial charge in [0.2, 0.25) is 0 Å². The minimum absolute atomic E-state index is 0.212. The monoisotopic (exact) mass is 372 g/mol. The Morgan fingerprint density at radius 2 is 2.16 bits per heavy atom. The quantitative estimate of drug-likeness (QED) is 0.127. The van der Waals surface area contributed by atoms with Gasteiger partial charge in [-0.05, 0) is 0 Å². The van der Waals surface area contributed by atoms with E-state index in [0.29, 0.717) is 0 Å². The van der Waals surface area contributed by atoms with Crippen molar-refractivity contribution >= 4 is 0 Å². The molecule has 104 valence electrons. The van der Waals surface area contributed by atoms with Crippen molar-refractivity contribution in [2.24, 2.45) is 5.11 Å². The summed E-state index contributed by atoms with van der Waals surface area (Å²) in [4.78, 5) is 2.97. The van der Waals surface area contributed by atoms with Crippen LogP contribution in [0.15, 0.2) is 47.6 Å². The minimum atomic E-state index is -0.456. The molecule has 0 N–H and O–H groups in total. The molecule has 0 saturated heterocycles. The summed E-state index contributed by atoms with van der Waals surface area (Å²) < 4.78 is 6.04. The fraction of sp³-hybridized carbons (Fsp3) is 0.429. The normalized spacial score (nSPS) is 14.2. The number of alkyl halides is 1. The Morgan fingerprint density at radius 1 is 1.42 bits per heavy atom. The van der Waals surface area contributed by atoms with Crippen LogP contribution in [0.3, 0.4) is 0 Å². The maximum absolute atomic E-state index is 8.71. The average Bonchev–Trinajstić information content (AvgIpc) is 2.43. The summed E-state index contributed by atoms with van der Waals surface area (Å²) in [5.41, 5.74) is 9.52. The van der Waals surface area contributed by atoms with Gasteiger partial charge in [0.05, 0.1) is 0 Å². The number of aryl methyl sites for hydroxylation is 1. The van der Waals surface area contributed by atoms with Gasteiger partial charge in [-0.1, -0.05) is 0 Å². The maximum atomic E-state index is 8.71. The zero-order chi connectivity index (χ0) is 14.0. The van der Waals surface area contributed by atoms with Gasteiger partial charge in [0.25, 0.3) is 0 Å². The van der Waals surface area contributed by atoms with Crippen molar-refractivity contribution in [2.45, 2.75) is 25.3 Å². The van der Waals surface area contributed by atoms with Crippen molar-refractivity contribution in [3.63, 3.8) is 0 Å². The van der Waals surface area contributed by atoms with E-state index in [-0.39, 0.29) is 21.6 Å². The molecule has 19 heavy (non-hydrogen) atoms. The number of benzene rings is 1. The van der Waals surface area contributed by atoms with Crippen LogP contribution in [0.1, 0.15) is 18.9 Å². The number of hydrogen-bond donors (Lipinski definition) is 0. The van der Waals surface area contributed by atoms with Crippen LogP contribution in [0.25, 0.3) is 10.4 Å². The first-order chi connectivity index (χ1) is 9.20. The molecule has 0 amide bonds. The van der Waals surface area contributed by atoms with Crippen molar-refractivity contribution in [3.05, 3.63) is 58.5 Å². The summed E-state index contributed by atoms with van der Waals surface area (Å²) in [5.74, 6) is 0. The van der Waals surface area contributed by atoms with Crippen LogP contribution in [-0.2, 0) is 9.49 Å². The molecule has 0 unspecified atom stereocenters. The van der Waals surface area contributed by atoms with Crippen molar-refractivity contribution in [1.82, 2.24) is 0 Å². The van der Waals surface area contributed by atoms with Gasteiger partial charge in [-0.3, -0.25) is 0 Å². The standard InChI is InChI=1S/C14H19IN3O/c1-14(17-18-16,10-6-12-15-19-2)11-9-13-7-4-3-5-8-13/h3-8,10H,9,11-12H2,1-2H3/q-1/b10-6+/t14-/m0/s1. The summed E-state index contributed by atoms with van der Waals surface area (Å²) >= 11 is -0.212. The van der Waals surface area contributed by atoms with E-state index in [1.807, 2.05) is 31.2 Å². The number of rotatable bonds is 8. The predicted octanol–water partition coefficient (Wildman–Crippen LogP) is 0.895. The molecular weight excluding hydrogens is 353 g/mol. The molecule has 0 bridgehead atoms. The van der Waals surface area contributed by atoms with Gasteiger partial charge in [0.15, 0.2) is 0 Å². The van der Waals surface area contributed by atoms with Gasteiger partial charge in [-0.25, -0.2) is 0 Å². The third-order valence-electron chi connectivity index (χ3n) is 2.77. The van der Waals surface area contributed by atoms with Gasteiger partial charge in [0, 0.05) is 0 Å². The second kappa shape index (κ2) is 8.96. The van der Waals surface area contributed by atoms with E-state index >= 15 is 0 Å². The van der Waals surface area contributed by atoms with Crippen molar-refractivity contribution < 1.29 is 24.7 Å². The molecule has 0 radical (unpaired) electrons. The van der Waals surface area contributed by atoms with Crippen LogP contribution in [-0.4, -0.2) is 17.1 Å². The second-order valence-corrected chi connectivity index (χ2v) is 6.74. The van der Waals surface area contributed by atoms with Gasteiger partial charge < -0.3 is 0 Å². The molecule has 0 saturated carbocycles. The number of azide groups is 1. The SMILES string of the molecule is CO[I-]C/C=C/[C@@](C)(CCc1ccccc1)N=[N+]=[N-]. The molecule has 5 heteroatoms. The van der Waals surface area contributed by atoms with Crippen molar-refractivity contribution in [3.8, 4) is 0 Å². The summed E-state index contributed by atoms with van der Waals surface area (Å²) in [6.45, 7) is 1.97. The van der Waals surface area contributed by atoms with Crippen molar-refractivity contribution in [1.29, 1.82) is 0 Å². The third-order valence-corrected chi connectivity index (χ3v) is 4.26. The Balaban J connectivity index is 2.60. The molecule has 1 aromatic carbocycles. The number of hydrogen-bond acceptors (Lipinski definition) is 2. The summed E-state index contributed by atoms with van der Waals surface area (Å²) in [6.07, 6.45) is 5.79. The molecule has 0 aliphatic heterocycles. The van der Waals surface area contributed by atoms with Crippen molar-refractivity contribution in [2.75, 3.05) is 11.5 Å². The van der Waals surface area contributed by atoms with E-state index in [1.54, 1.807) is 7.11 Å². The molecule has 4 nitrogen and oxygen atoms in total.